The number of hydrogen-bond acceptors (Lipinski definition) is 4. The van der Waals surface area contributed by atoms with E-state index in [4.69, 9.17) is 4.74 Å². The molecule has 0 saturated carbocycles. The van der Waals surface area contributed by atoms with Crippen molar-refractivity contribution in [3.05, 3.63) is 23.8 Å². The molecule has 1 saturated heterocycles. The maximum Gasteiger partial charge on any atom is 0.242 e. The topological polar surface area (TPSA) is 66.9 Å². The number of ether oxygens (including phenoxy) is 1. The minimum atomic E-state index is -3.30. The molecule has 0 aromatic heterocycles. The molecule has 23 heavy (non-hydrogen) atoms. The Morgan fingerprint density at radius 1 is 1.35 bits per heavy atom. The first kappa shape index (κ1) is 16.3. The Bertz CT molecular complexity index is 717. The molecule has 1 atom stereocenters. The minimum Gasteiger partial charge on any atom is -0.487 e. The number of rotatable bonds is 2. The van der Waals surface area contributed by atoms with Gasteiger partial charge in [0.05, 0.1) is 24.5 Å². The van der Waals surface area contributed by atoms with E-state index in [1.165, 1.54) is 4.31 Å². The number of nitrogens with zero attached hydrogens (tertiary/aromatic N) is 2. The number of aryl methyl sites for hydroxylation is 1. The van der Waals surface area contributed by atoms with Crippen LogP contribution < -0.4 is 9.64 Å². The summed E-state index contributed by atoms with van der Waals surface area (Å²) in [7, 11) is -3.30. The highest BCUT2D eigenvalue weighted by Crippen LogP contribution is 2.34. The average molecular weight is 338 g/mol. The molecule has 0 spiro atoms. The van der Waals surface area contributed by atoms with Crippen molar-refractivity contribution in [3.8, 4) is 5.75 Å². The van der Waals surface area contributed by atoms with Gasteiger partial charge >= 0.3 is 0 Å². The van der Waals surface area contributed by atoms with E-state index in [0.717, 1.165) is 17.7 Å². The standard InChI is InChI=1S/C16H22N2O4S/c1-12-5-6-15-14(9-12)18(10-13(2)22-15)16(19)11-17-7-3-4-8-23(17,20)21/h5-6,9,13H,3-4,7-8,10-11H2,1-2H3. The number of sulfonamides is 1. The molecule has 1 amide bonds. The van der Waals surface area contributed by atoms with E-state index < -0.39 is 10.0 Å². The van der Waals surface area contributed by atoms with Gasteiger partial charge in [0.1, 0.15) is 11.9 Å². The van der Waals surface area contributed by atoms with Crippen molar-refractivity contribution in [2.75, 3.05) is 30.3 Å². The smallest absolute Gasteiger partial charge is 0.242 e. The third kappa shape index (κ3) is 3.35. The summed E-state index contributed by atoms with van der Waals surface area (Å²) in [6, 6.07) is 5.71. The number of carbonyl (C=O) groups excluding carboxylic acids is 1. The van der Waals surface area contributed by atoms with E-state index in [1.54, 1.807) is 4.90 Å². The van der Waals surface area contributed by atoms with Crippen LogP contribution in [0, 0.1) is 6.92 Å². The van der Waals surface area contributed by atoms with Gasteiger partial charge in [-0.1, -0.05) is 6.07 Å². The molecule has 2 aliphatic rings. The lowest BCUT2D eigenvalue weighted by Gasteiger charge is -2.35. The third-order valence-corrected chi connectivity index (χ3v) is 6.14. The molecule has 2 heterocycles. The fraction of sp³-hybridized carbons (Fsp3) is 0.562. The molecule has 2 aliphatic heterocycles. The van der Waals surface area contributed by atoms with Gasteiger partial charge in [-0.25, -0.2) is 8.42 Å². The highest BCUT2D eigenvalue weighted by molar-refractivity contribution is 7.89. The minimum absolute atomic E-state index is 0.0948. The molecular weight excluding hydrogens is 316 g/mol. The van der Waals surface area contributed by atoms with Crippen molar-refractivity contribution in [2.45, 2.75) is 32.8 Å². The van der Waals surface area contributed by atoms with Crippen LogP contribution in [0.5, 0.6) is 5.75 Å². The molecule has 6 nitrogen and oxygen atoms in total. The van der Waals surface area contributed by atoms with Crippen molar-refractivity contribution in [2.24, 2.45) is 0 Å². The lowest BCUT2D eigenvalue weighted by Crippen LogP contribution is -2.49. The molecule has 1 fully saturated rings. The summed E-state index contributed by atoms with van der Waals surface area (Å²) in [5.74, 6) is 0.608. The number of hydrogen-bond donors (Lipinski definition) is 0. The van der Waals surface area contributed by atoms with E-state index in [2.05, 4.69) is 0 Å². The molecule has 1 aromatic rings. The summed E-state index contributed by atoms with van der Waals surface area (Å²) in [4.78, 5) is 14.4. The summed E-state index contributed by atoms with van der Waals surface area (Å²) in [6.07, 6.45) is 1.36. The van der Waals surface area contributed by atoms with E-state index in [1.807, 2.05) is 32.0 Å². The summed E-state index contributed by atoms with van der Waals surface area (Å²) in [6.45, 7) is 4.62. The molecular formula is C16H22N2O4S. The van der Waals surface area contributed by atoms with Gasteiger partial charge in [-0.3, -0.25) is 4.79 Å². The first-order valence-corrected chi connectivity index (χ1v) is 9.53. The monoisotopic (exact) mass is 338 g/mol. The van der Waals surface area contributed by atoms with Crippen LogP contribution in [0.25, 0.3) is 0 Å². The van der Waals surface area contributed by atoms with Crippen molar-refractivity contribution >= 4 is 21.6 Å². The number of anilines is 1. The predicted octanol–water partition coefficient (Wildman–Crippen LogP) is 1.53. The van der Waals surface area contributed by atoms with Crippen LogP contribution in [-0.4, -0.2) is 50.1 Å². The third-order valence-electron chi connectivity index (χ3n) is 4.24. The first-order chi connectivity index (χ1) is 10.9. The van der Waals surface area contributed by atoms with Crippen molar-refractivity contribution < 1.29 is 17.9 Å². The van der Waals surface area contributed by atoms with Gasteiger partial charge in [0.15, 0.2) is 0 Å². The zero-order valence-electron chi connectivity index (χ0n) is 13.5. The van der Waals surface area contributed by atoms with Gasteiger partial charge in [0, 0.05) is 6.54 Å². The van der Waals surface area contributed by atoms with Crippen LogP contribution in [0.4, 0.5) is 5.69 Å². The molecule has 3 rings (SSSR count). The van der Waals surface area contributed by atoms with Crippen LogP contribution in [0.1, 0.15) is 25.3 Å². The van der Waals surface area contributed by atoms with Gasteiger partial charge in [-0.15, -0.1) is 0 Å². The Morgan fingerprint density at radius 2 is 2.13 bits per heavy atom. The molecule has 1 aromatic carbocycles. The molecule has 126 valence electrons. The zero-order valence-corrected chi connectivity index (χ0v) is 14.3. The summed E-state index contributed by atoms with van der Waals surface area (Å²) >= 11 is 0. The van der Waals surface area contributed by atoms with Crippen LogP contribution in [-0.2, 0) is 14.8 Å². The Hall–Kier alpha value is -1.60. The van der Waals surface area contributed by atoms with Crippen LogP contribution in [0.2, 0.25) is 0 Å². The number of amides is 1. The van der Waals surface area contributed by atoms with Gasteiger partial charge in [-0.05, 0) is 44.4 Å². The first-order valence-electron chi connectivity index (χ1n) is 7.92. The second-order valence-corrected chi connectivity index (χ2v) is 8.35. The summed E-state index contributed by atoms with van der Waals surface area (Å²) in [5.41, 5.74) is 1.76. The fourth-order valence-electron chi connectivity index (χ4n) is 3.04. The Morgan fingerprint density at radius 3 is 2.87 bits per heavy atom. The molecule has 1 unspecified atom stereocenters. The van der Waals surface area contributed by atoms with Crippen LogP contribution in [0.3, 0.4) is 0 Å². The van der Waals surface area contributed by atoms with Crippen LogP contribution >= 0.6 is 0 Å². The summed E-state index contributed by atoms with van der Waals surface area (Å²) in [5, 5.41) is 0. The maximum atomic E-state index is 12.7. The molecule has 0 bridgehead atoms. The van der Waals surface area contributed by atoms with Crippen molar-refractivity contribution in [1.29, 1.82) is 0 Å². The van der Waals surface area contributed by atoms with E-state index in [-0.39, 0.29) is 24.3 Å². The van der Waals surface area contributed by atoms with E-state index >= 15 is 0 Å². The maximum absolute atomic E-state index is 12.7. The average Bonchev–Trinajstić information content (AvgIpc) is 2.49. The van der Waals surface area contributed by atoms with Gasteiger partial charge in [-0.2, -0.15) is 4.31 Å². The highest BCUT2D eigenvalue weighted by atomic mass is 32.2. The lowest BCUT2D eigenvalue weighted by molar-refractivity contribution is -0.119. The highest BCUT2D eigenvalue weighted by Gasteiger charge is 2.32. The fourth-order valence-corrected chi connectivity index (χ4v) is 4.58. The molecule has 7 heteroatoms. The van der Waals surface area contributed by atoms with Crippen molar-refractivity contribution in [3.63, 3.8) is 0 Å². The quantitative estimate of drug-likeness (QED) is 0.820. The van der Waals surface area contributed by atoms with Crippen LogP contribution in [0.15, 0.2) is 18.2 Å². The Kier molecular flexibility index (Phi) is 4.33. The predicted molar refractivity (Wildman–Crippen MR) is 88.2 cm³/mol. The molecule has 0 N–H and O–H groups in total. The normalized spacial score (nSPS) is 23.9. The van der Waals surface area contributed by atoms with Crippen molar-refractivity contribution in [1.82, 2.24) is 4.31 Å². The number of carbonyl (C=O) groups is 1. The molecule has 0 aliphatic carbocycles. The zero-order chi connectivity index (χ0) is 16.6. The second kappa shape index (κ2) is 6.13. The molecule has 0 radical (unpaired) electrons. The largest absolute Gasteiger partial charge is 0.487 e. The lowest BCUT2D eigenvalue weighted by atomic mass is 10.1. The Balaban J connectivity index is 1.84. The summed E-state index contributed by atoms with van der Waals surface area (Å²) < 4.78 is 31.3. The van der Waals surface area contributed by atoms with E-state index in [9.17, 15) is 13.2 Å². The van der Waals surface area contributed by atoms with Gasteiger partial charge in [0.2, 0.25) is 15.9 Å². The second-order valence-electron chi connectivity index (χ2n) is 6.26. The number of fused-ring (bicyclic) bond motifs is 1. The van der Waals surface area contributed by atoms with E-state index in [0.29, 0.717) is 25.3 Å². The SMILES string of the molecule is Cc1ccc2c(c1)N(C(=O)CN1CCCCS1(=O)=O)CC(C)O2. The van der Waals surface area contributed by atoms with Gasteiger partial charge in [0.25, 0.3) is 0 Å². The van der Waals surface area contributed by atoms with Gasteiger partial charge < -0.3 is 9.64 Å². The Labute approximate surface area is 137 Å². The number of benzene rings is 1.